The van der Waals surface area contributed by atoms with E-state index in [0.717, 1.165) is 33.4 Å². The van der Waals surface area contributed by atoms with E-state index < -0.39 is 0 Å². The Balaban J connectivity index is 1.97. The van der Waals surface area contributed by atoms with Gasteiger partial charge in [-0.05, 0) is 33.9 Å². The molecule has 0 unspecified atom stereocenters. The third kappa shape index (κ3) is 2.84. The van der Waals surface area contributed by atoms with E-state index in [2.05, 4.69) is 5.32 Å². The Kier molecular flexibility index (Phi) is 4.07. The first-order chi connectivity index (χ1) is 14.2. The summed E-state index contributed by atoms with van der Waals surface area (Å²) >= 11 is 0. The van der Waals surface area contributed by atoms with Crippen molar-refractivity contribution < 1.29 is 9.59 Å². The largest absolute Gasteiger partial charge is 0.288 e. The molecule has 1 N–H and O–H groups in total. The molecule has 0 spiro atoms. The first kappa shape index (κ1) is 17.1. The molecule has 5 rings (SSSR count). The predicted molar refractivity (Wildman–Crippen MR) is 115 cm³/mol. The molecule has 0 saturated heterocycles. The fourth-order valence-corrected chi connectivity index (χ4v) is 3.97. The van der Waals surface area contributed by atoms with Crippen LogP contribution in [0.3, 0.4) is 0 Å². The Hall–Kier alpha value is -3.98. The van der Waals surface area contributed by atoms with Gasteiger partial charge in [-0.15, -0.1) is 0 Å². The smallest absolute Gasteiger partial charge is 0.259 e. The summed E-state index contributed by atoms with van der Waals surface area (Å²) in [7, 11) is 0. The molecule has 0 fully saturated rings. The lowest BCUT2D eigenvalue weighted by molar-refractivity contribution is 0.0880. The summed E-state index contributed by atoms with van der Waals surface area (Å²) in [5, 5.41) is 2.47. The molecule has 1 aliphatic heterocycles. The van der Waals surface area contributed by atoms with E-state index in [1.807, 2.05) is 97.1 Å². The van der Waals surface area contributed by atoms with Gasteiger partial charge in [0.05, 0.1) is 11.1 Å². The van der Waals surface area contributed by atoms with E-state index in [4.69, 9.17) is 0 Å². The van der Waals surface area contributed by atoms with E-state index in [-0.39, 0.29) is 11.8 Å². The Bertz CT molecular complexity index is 1230. The normalized spacial score (nSPS) is 12.6. The minimum atomic E-state index is -0.348. The summed E-state index contributed by atoms with van der Waals surface area (Å²) in [5.74, 6) is -0.695. The predicted octanol–water partition coefficient (Wildman–Crippen LogP) is 5.57. The summed E-state index contributed by atoms with van der Waals surface area (Å²) in [6.45, 7) is 0. The zero-order valence-corrected chi connectivity index (χ0v) is 15.6. The molecule has 2 amide bonds. The Labute approximate surface area is 168 Å². The van der Waals surface area contributed by atoms with Crippen LogP contribution in [0.5, 0.6) is 0 Å². The van der Waals surface area contributed by atoms with Crippen molar-refractivity contribution in [2.75, 3.05) is 0 Å². The van der Waals surface area contributed by atoms with E-state index in [9.17, 15) is 9.59 Å². The molecular formula is C26H17NO2. The first-order valence-corrected chi connectivity index (χ1v) is 9.47. The minimum Gasteiger partial charge on any atom is -0.288 e. The zero-order chi connectivity index (χ0) is 19.8. The van der Waals surface area contributed by atoms with Crippen LogP contribution in [0, 0.1) is 0 Å². The molecule has 0 aromatic heterocycles. The summed E-state index contributed by atoms with van der Waals surface area (Å²) in [5.41, 5.74) is 6.44. The number of fused-ring (bicyclic) bond motifs is 1. The van der Waals surface area contributed by atoms with Gasteiger partial charge in [0.15, 0.2) is 0 Å². The number of carbonyl (C=O) groups is 2. The molecule has 0 bridgehead atoms. The lowest BCUT2D eigenvalue weighted by Crippen LogP contribution is -2.20. The van der Waals surface area contributed by atoms with Crippen molar-refractivity contribution in [3.63, 3.8) is 0 Å². The second kappa shape index (κ2) is 6.88. The molecule has 4 aromatic carbocycles. The van der Waals surface area contributed by atoms with E-state index in [0.29, 0.717) is 11.1 Å². The van der Waals surface area contributed by atoms with Gasteiger partial charge in [-0.25, -0.2) is 0 Å². The van der Waals surface area contributed by atoms with Crippen LogP contribution >= 0.6 is 0 Å². The molecule has 1 heterocycles. The number of amides is 2. The van der Waals surface area contributed by atoms with Crippen LogP contribution in [0.2, 0.25) is 0 Å². The van der Waals surface area contributed by atoms with Gasteiger partial charge in [-0.1, -0.05) is 91.0 Å². The highest BCUT2D eigenvalue weighted by atomic mass is 16.2. The molecule has 138 valence electrons. The van der Waals surface area contributed by atoms with Gasteiger partial charge in [0, 0.05) is 5.56 Å². The fourth-order valence-electron chi connectivity index (χ4n) is 3.97. The van der Waals surface area contributed by atoms with Crippen molar-refractivity contribution in [1.29, 1.82) is 0 Å². The number of hydrogen-bond donors (Lipinski definition) is 1. The van der Waals surface area contributed by atoms with Crippen LogP contribution in [-0.4, -0.2) is 11.8 Å². The summed E-state index contributed by atoms with van der Waals surface area (Å²) in [6, 6.07) is 31.6. The zero-order valence-electron chi connectivity index (χ0n) is 15.6. The van der Waals surface area contributed by atoms with Crippen LogP contribution in [0.25, 0.3) is 33.4 Å². The molecular weight excluding hydrogens is 358 g/mol. The van der Waals surface area contributed by atoms with Gasteiger partial charge in [-0.2, -0.15) is 0 Å². The maximum absolute atomic E-state index is 12.8. The van der Waals surface area contributed by atoms with Gasteiger partial charge in [0.1, 0.15) is 0 Å². The van der Waals surface area contributed by atoms with E-state index in [1.165, 1.54) is 0 Å². The second-order valence-corrected chi connectivity index (χ2v) is 6.98. The monoisotopic (exact) mass is 375 g/mol. The molecule has 1 aliphatic rings. The standard InChI is InChI=1S/C26H17NO2/c28-25-21-16-20(17-10-4-1-5-11-17)22(18-12-6-2-7-13-18)23(24(21)26(29)27-25)19-14-8-3-9-15-19/h1-16H,(H,27,28,29). The molecule has 0 aliphatic carbocycles. The van der Waals surface area contributed by atoms with Crippen LogP contribution in [-0.2, 0) is 0 Å². The molecule has 3 heteroatoms. The maximum atomic E-state index is 12.8. The van der Waals surface area contributed by atoms with Crippen LogP contribution in [0.1, 0.15) is 20.7 Å². The highest BCUT2D eigenvalue weighted by Crippen LogP contribution is 2.44. The lowest BCUT2D eigenvalue weighted by Gasteiger charge is -2.19. The maximum Gasteiger partial charge on any atom is 0.259 e. The Morgan fingerprint density at radius 1 is 0.448 bits per heavy atom. The van der Waals surface area contributed by atoms with Gasteiger partial charge in [0.2, 0.25) is 0 Å². The Morgan fingerprint density at radius 2 is 0.931 bits per heavy atom. The van der Waals surface area contributed by atoms with Crippen molar-refractivity contribution in [2.24, 2.45) is 0 Å². The minimum absolute atomic E-state index is 0.347. The van der Waals surface area contributed by atoms with Crippen molar-refractivity contribution in [3.8, 4) is 33.4 Å². The first-order valence-electron chi connectivity index (χ1n) is 9.47. The molecule has 4 aromatic rings. The summed E-state index contributed by atoms with van der Waals surface area (Å²) in [6.07, 6.45) is 0. The third-order valence-electron chi connectivity index (χ3n) is 5.24. The van der Waals surface area contributed by atoms with Gasteiger partial charge >= 0.3 is 0 Å². The van der Waals surface area contributed by atoms with Crippen molar-refractivity contribution in [2.45, 2.75) is 0 Å². The Morgan fingerprint density at radius 3 is 1.48 bits per heavy atom. The highest BCUT2D eigenvalue weighted by molar-refractivity contribution is 6.26. The van der Waals surface area contributed by atoms with Crippen molar-refractivity contribution in [3.05, 3.63) is 108 Å². The summed E-state index contributed by atoms with van der Waals surface area (Å²) in [4.78, 5) is 25.3. The van der Waals surface area contributed by atoms with Crippen LogP contribution in [0.4, 0.5) is 0 Å². The van der Waals surface area contributed by atoms with Crippen LogP contribution in [0.15, 0.2) is 97.1 Å². The molecule has 29 heavy (non-hydrogen) atoms. The lowest BCUT2D eigenvalue weighted by atomic mass is 9.83. The SMILES string of the molecule is O=C1NC(=O)c2c1cc(-c1ccccc1)c(-c1ccccc1)c2-c1ccccc1. The molecule has 0 saturated carbocycles. The van der Waals surface area contributed by atoms with Gasteiger partial charge < -0.3 is 0 Å². The topological polar surface area (TPSA) is 46.2 Å². The number of rotatable bonds is 3. The highest BCUT2D eigenvalue weighted by Gasteiger charge is 2.33. The van der Waals surface area contributed by atoms with Crippen LogP contribution < -0.4 is 5.32 Å². The quantitative estimate of drug-likeness (QED) is 0.476. The summed E-state index contributed by atoms with van der Waals surface area (Å²) < 4.78 is 0. The average molecular weight is 375 g/mol. The van der Waals surface area contributed by atoms with Crippen molar-refractivity contribution >= 4 is 11.8 Å². The number of hydrogen-bond acceptors (Lipinski definition) is 2. The third-order valence-corrected chi connectivity index (χ3v) is 5.24. The second-order valence-electron chi connectivity index (χ2n) is 6.98. The van der Waals surface area contributed by atoms with Crippen molar-refractivity contribution in [1.82, 2.24) is 5.32 Å². The number of imide groups is 1. The molecule has 0 radical (unpaired) electrons. The molecule has 3 nitrogen and oxygen atoms in total. The molecule has 0 atom stereocenters. The van der Waals surface area contributed by atoms with E-state index >= 15 is 0 Å². The number of benzene rings is 4. The van der Waals surface area contributed by atoms with Gasteiger partial charge in [0.25, 0.3) is 11.8 Å². The average Bonchev–Trinajstić information content (AvgIpc) is 3.07. The fraction of sp³-hybridized carbons (Fsp3) is 0. The number of nitrogens with one attached hydrogen (secondary N) is 1. The van der Waals surface area contributed by atoms with Gasteiger partial charge in [-0.3, -0.25) is 14.9 Å². The van der Waals surface area contributed by atoms with E-state index in [1.54, 1.807) is 0 Å². The number of carbonyl (C=O) groups excluding carboxylic acids is 2.